The van der Waals surface area contributed by atoms with Crippen molar-refractivity contribution in [2.45, 2.75) is 64.5 Å². The van der Waals surface area contributed by atoms with E-state index in [9.17, 15) is 23.5 Å². The molecule has 0 fully saturated rings. The molecule has 0 heterocycles. The number of ether oxygens (including phenoxy) is 2. The molecule has 0 aliphatic rings. The molecule has 0 saturated carbocycles. The van der Waals surface area contributed by atoms with E-state index in [1.165, 1.54) is 0 Å². The van der Waals surface area contributed by atoms with Gasteiger partial charge in [-0.15, -0.1) is 0 Å². The van der Waals surface area contributed by atoms with E-state index in [4.69, 9.17) is 9.47 Å². The summed E-state index contributed by atoms with van der Waals surface area (Å²) in [5, 5.41) is 14.4. The Morgan fingerprint density at radius 3 is 2.18 bits per heavy atom. The van der Waals surface area contributed by atoms with E-state index < -0.39 is 35.7 Å². The van der Waals surface area contributed by atoms with Crippen molar-refractivity contribution in [3.05, 3.63) is 90.0 Å². The SMILES string of the molecule is CC(NC(=O)OC(C)(C)C)C(O)C(F)(F)C(=O)NCc1cccc(-c2ccc(OCc3ccccc3)cc2)c1. The second-order valence-electron chi connectivity index (χ2n) is 10.2. The van der Waals surface area contributed by atoms with E-state index in [1.807, 2.05) is 60.7 Å². The van der Waals surface area contributed by atoms with Gasteiger partial charge >= 0.3 is 12.0 Å². The van der Waals surface area contributed by atoms with E-state index in [1.54, 1.807) is 39.0 Å². The van der Waals surface area contributed by atoms with Gasteiger partial charge in [-0.3, -0.25) is 4.79 Å². The zero-order valence-corrected chi connectivity index (χ0v) is 22.4. The number of aliphatic hydroxyl groups is 1. The molecular formula is C30H34F2N2O5. The highest BCUT2D eigenvalue weighted by molar-refractivity contribution is 5.84. The molecule has 7 nitrogen and oxygen atoms in total. The molecule has 0 aromatic heterocycles. The van der Waals surface area contributed by atoms with Gasteiger partial charge in [0.25, 0.3) is 5.91 Å². The standard InChI is InChI=1S/C30H34F2N2O5/c1-20(34-28(37)39-29(2,3)4)26(35)30(31,32)27(36)33-18-22-11-8-12-24(17-22)23-13-15-25(16-14-23)38-19-21-9-6-5-7-10-21/h5-17,20,26,35H,18-19H2,1-4H3,(H,33,36)(H,34,37). The quantitative estimate of drug-likeness (QED) is 0.317. The number of alkyl halides is 2. The summed E-state index contributed by atoms with van der Waals surface area (Å²) in [5.74, 6) is -5.10. The Morgan fingerprint density at radius 1 is 0.897 bits per heavy atom. The smallest absolute Gasteiger partial charge is 0.407 e. The van der Waals surface area contributed by atoms with Crippen LogP contribution in [0.1, 0.15) is 38.8 Å². The van der Waals surface area contributed by atoms with Crippen LogP contribution in [0.4, 0.5) is 13.6 Å². The van der Waals surface area contributed by atoms with Crippen LogP contribution in [0.3, 0.4) is 0 Å². The number of halogens is 2. The molecule has 3 rings (SSSR count). The first-order valence-corrected chi connectivity index (χ1v) is 12.5. The third kappa shape index (κ3) is 8.78. The Bertz CT molecular complexity index is 1240. The molecule has 3 aromatic carbocycles. The lowest BCUT2D eigenvalue weighted by Crippen LogP contribution is -2.56. The number of aliphatic hydroxyl groups excluding tert-OH is 1. The molecule has 2 atom stereocenters. The topological polar surface area (TPSA) is 96.9 Å². The minimum Gasteiger partial charge on any atom is -0.489 e. The number of carbonyl (C=O) groups excluding carboxylic acids is 2. The Morgan fingerprint density at radius 2 is 1.54 bits per heavy atom. The predicted octanol–water partition coefficient (Wildman–Crippen LogP) is 5.46. The number of carbonyl (C=O) groups is 2. The maximum absolute atomic E-state index is 14.6. The van der Waals surface area contributed by atoms with Gasteiger partial charge in [-0.2, -0.15) is 8.78 Å². The summed E-state index contributed by atoms with van der Waals surface area (Å²) in [6, 6.07) is 23.0. The average molecular weight is 541 g/mol. The lowest BCUT2D eigenvalue weighted by molar-refractivity contribution is -0.166. The second-order valence-corrected chi connectivity index (χ2v) is 10.2. The van der Waals surface area contributed by atoms with E-state index in [0.717, 1.165) is 23.6 Å². The maximum atomic E-state index is 14.6. The minimum absolute atomic E-state index is 0.179. The molecule has 208 valence electrons. The normalized spacial score (nSPS) is 13.2. The number of alkyl carbamates (subject to hydrolysis) is 1. The minimum atomic E-state index is -4.15. The molecule has 39 heavy (non-hydrogen) atoms. The number of nitrogens with one attached hydrogen (secondary N) is 2. The zero-order valence-electron chi connectivity index (χ0n) is 22.4. The number of benzene rings is 3. The number of rotatable bonds is 10. The molecule has 2 amide bonds. The summed E-state index contributed by atoms with van der Waals surface area (Å²) in [5.41, 5.74) is 2.52. The summed E-state index contributed by atoms with van der Waals surface area (Å²) in [6.07, 6.45) is -3.43. The summed E-state index contributed by atoms with van der Waals surface area (Å²) >= 11 is 0. The molecular weight excluding hydrogens is 506 g/mol. The lowest BCUT2D eigenvalue weighted by atomic mass is 10.0. The fraction of sp³-hybridized carbons (Fsp3) is 0.333. The molecule has 3 aromatic rings. The maximum Gasteiger partial charge on any atom is 0.407 e. The fourth-order valence-electron chi connectivity index (χ4n) is 3.67. The van der Waals surface area contributed by atoms with Crippen molar-refractivity contribution in [1.29, 1.82) is 0 Å². The van der Waals surface area contributed by atoms with Gasteiger partial charge in [0, 0.05) is 6.54 Å². The van der Waals surface area contributed by atoms with E-state index in [0.29, 0.717) is 17.9 Å². The van der Waals surface area contributed by atoms with Crippen LogP contribution in [-0.4, -0.2) is 40.8 Å². The van der Waals surface area contributed by atoms with Crippen molar-refractivity contribution in [2.24, 2.45) is 0 Å². The number of hydrogen-bond acceptors (Lipinski definition) is 5. The Kier molecular flexibility index (Phi) is 9.64. The molecule has 0 spiro atoms. The summed E-state index contributed by atoms with van der Waals surface area (Å²) < 4.78 is 40.1. The first-order valence-electron chi connectivity index (χ1n) is 12.5. The van der Waals surface area contributed by atoms with E-state index in [-0.39, 0.29) is 6.54 Å². The van der Waals surface area contributed by atoms with E-state index >= 15 is 0 Å². The molecule has 0 aliphatic heterocycles. The molecule has 0 saturated heterocycles. The third-order valence-electron chi connectivity index (χ3n) is 5.71. The van der Waals surface area contributed by atoms with Gasteiger partial charge in [0.05, 0.1) is 6.04 Å². The fourth-order valence-corrected chi connectivity index (χ4v) is 3.67. The number of hydrogen-bond donors (Lipinski definition) is 3. The predicted molar refractivity (Wildman–Crippen MR) is 144 cm³/mol. The van der Waals surface area contributed by atoms with Gasteiger partial charge in [0.15, 0.2) is 0 Å². The molecule has 0 bridgehead atoms. The Labute approximate surface area is 227 Å². The summed E-state index contributed by atoms with van der Waals surface area (Å²) in [4.78, 5) is 24.1. The van der Waals surface area contributed by atoms with Crippen LogP contribution < -0.4 is 15.4 Å². The molecule has 3 N–H and O–H groups in total. The summed E-state index contributed by atoms with van der Waals surface area (Å²) in [7, 11) is 0. The average Bonchev–Trinajstić information content (AvgIpc) is 2.90. The Hall–Kier alpha value is -3.98. The van der Waals surface area contributed by atoms with Crippen LogP contribution in [-0.2, 0) is 22.7 Å². The second kappa shape index (κ2) is 12.7. The zero-order chi connectivity index (χ0) is 28.6. The first kappa shape index (κ1) is 29.6. The highest BCUT2D eigenvalue weighted by Crippen LogP contribution is 2.25. The van der Waals surface area contributed by atoms with Crippen molar-refractivity contribution < 1.29 is 33.0 Å². The van der Waals surface area contributed by atoms with Crippen LogP contribution >= 0.6 is 0 Å². The first-order chi connectivity index (χ1) is 18.3. The van der Waals surface area contributed by atoms with E-state index in [2.05, 4.69) is 10.6 Å². The van der Waals surface area contributed by atoms with Crippen LogP contribution in [0.15, 0.2) is 78.9 Å². The van der Waals surface area contributed by atoms with Crippen molar-refractivity contribution in [1.82, 2.24) is 10.6 Å². The van der Waals surface area contributed by atoms with Crippen molar-refractivity contribution in [2.75, 3.05) is 0 Å². The molecule has 0 radical (unpaired) electrons. The third-order valence-corrected chi connectivity index (χ3v) is 5.71. The lowest BCUT2D eigenvalue weighted by Gasteiger charge is -2.28. The van der Waals surface area contributed by atoms with Crippen molar-refractivity contribution in [3.63, 3.8) is 0 Å². The highest BCUT2D eigenvalue weighted by atomic mass is 19.3. The van der Waals surface area contributed by atoms with Gasteiger partial charge < -0.3 is 25.2 Å². The van der Waals surface area contributed by atoms with Crippen LogP contribution in [0.2, 0.25) is 0 Å². The molecule has 2 unspecified atom stereocenters. The van der Waals surface area contributed by atoms with Crippen LogP contribution in [0.5, 0.6) is 5.75 Å². The number of amides is 2. The summed E-state index contributed by atoms with van der Waals surface area (Å²) in [6.45, 7) is 6.27. The van der Waals surface area contributed by atoms with Crippen LogP contribution in [0.25, 0.3) is 11.1 Å². The van der Waals surface area contributed by atoms with Gasteiger partial charge in [-0.1, -0.05) is 60.7 Å². The van der Waals surface area contributed by atoms with Crippen molar-refractivity contribution in [3.8, 4) is 16.9 Å². The molecule has 0 aliphatic carbocycles. The van der Waals surface area contributed by atoms with Crippen LogP contribution in [0, 0.1) is 0 Å². The highest BCUT2D eigenvalue weighted by Gasteiger charge is 2.49. The molecule has 9 heteroatoms. The largest absolute Gasteiger partial charge is 0.489 e. The Balaban J connectivity index is 1.56. The van der Waals surface area contributed by atoms with Gasteiger partial charge in [-0.05, 0) is 68.1 Å². The van der Waals surface area contributed by atoms with Crippen molar-refractivity contribution >= 4 is 12.0 Å². The van der Waals surface area contributed by atoms with Gasteiger partial charge in [0.1, 0.15) is 24.1 Å². The van der Waals surface area contributed by atoms with Gasteiger partial charge in [-0.25, -0.2) is 4.79 Å². The van der Waals surface area contributed by atoms with Gasteiger partial charge in [0.2, 0.25) is 0 Å². The monoisotopic (exact) mass is 540 g/mol.